The highest BCUT2D eigenvalue weighted by Crippen LogP contribution is 2.67. The molecule has 4 aliphatic carbocycles. The Labute approximate surface area is 436 Å². The van der Waals surface area contributed by atoms with Gasteiger partial charge in [-0.1, -0.05) is 20.8 Å². The van der Waals surface area contributed by atoms with Gasteiger partial charge in [-0.05, 0) is 107 Å². The second-order valence-electron chi connectivity index (χ2n) is 23.5. The van der Waals surface area contributed by atoms with E-state index in [2.05, 4.69) is 13.8 Å². The van der Waals surface area contributed by atoms with Crippen molar-refractivity contribution in [3.8, 4) is 0 Å². The lowest BCUT2D eigenvalue weighted by atomic mass is 9.45. The number of aliphatic hydroxyl groups excluding tert-OH is 12. The van der Waals surface area contributed by atoms with Gasteiger partial charge in [0.25, 0.3) is 0 Å². The average Bonchev–Trinajstić information content (AvgIpc) is 3.64. The Bertz CT molecular complexity index is 1900. The lowest BCUT2D eigenvalue weighted by Gasteiger charge is -2.61. The van der Waals surface area contributed by atoms with Crippen LogP contribution in [-0.2, 0) is 57.0 Å². The molecule has 30 unspecified atom stereocenters. The molecule has 0 aromatic carbocycles. The molecule has 75 heavy (non-hydrogen) atoms. The van der Waals surface area contributed by atoms with Gasteiger partial charge in [-0.25, -0.2) is 0 Å². The van der Waals surface area contributed by atoms with Crippen molar-refractivity contribution in [2.75, 3.05) is 19.8 Å². The number of carbonyl (C=O) groups is 2. The number of hydrogen-bond donors (Lipinski definition) is 12. The molecule has 4 aliphatic heterocycles. The highest BCUT2D eigenvalue weighted by Gasteiger charge is 2.65. The van der Waals surface area contributed by atoms with Crippen LogP contribution in [0.5, 0.6) is 0 Å². The highest BCUT2D eigenvalue weighted by molar-refractivity contribution is 5.70. The molecule has 0 bridgehead atoms. The van der Waals surface area contributed by atoms with Gasteiger partial charge in [0.1, 0.15) is 97.7 Å². The van der Waals surface area contributed by atoms with Crippen LogP contribution in [0.25, 0.3) is 0 Å². The minimum atomic E-state index is -1.75. The van der Waals surface area contributed by atoms with Crippen molar-refractivity contribution >= 4 is 11.9 Å². The van der Waals surface area contributed by atoms with Crippen LogP contribution in [0.2, 0.25) is 0 Å². The third-order valence-corrected chi connectivity index (χ3v) is 18.6. The number of fused-ring (bicyclic) bond motifs is 5. The first kappa shape index (κ1) is 59.3. The maximum atomic E-state index is 13.5. The fourth-order valence-corrected chi connectivity index (χ4v) is 14.0. The summed E-state index contributed by atoms with van der Waals surface area (Å²) >= 11 is 0. The van der Waals surface area contributed by atoms with E-state index in [0.717, 1.165) is 32.1 Å². The van der Waals surface area contributed by atoms with E-state index in [4.69, 9.17) is 47.4 Å². The molecule has 0 radical (unpaired) electrons. The van der Waals surface area contributed by atoms with E-state index < -0.39 is 172 Å². The molecule has 0 aromatic heterocycles. The molecule has 8 aliphatic rings. The van der Waals surface area contributed by atoms with Crippen molar-refractivity contribution in [2.24, 2.45) is 40.4 Å². The number of hydrogen-bond acceptors (Lipinski definition) is 24. The SMILES string of the molecule is CC(=O)OC1C(OC(=O)CCC(C)COC2OC(CO)C(O)C(O)C2O)CC2C3CCC4CC(OC5OC(COC6OC(C)C(O)C(O)C6O)C(O)C(O)C5OC5OC(C)C(O)C(O)C5O)CCC4(C)C3CCC21C. The molecular formula is C51H84O24. The van der Waals surface area contributed by atoms with E-state index in [1.165, 1.54) is 20.8 Å². The van der Waals surface area contributed by atoms with Gasteiger partial charge >= 0.3 is 11.9 Å². The number of rotatable bonds is 16. The molecule has 30 atom stereocenters. The molecule has 24 heteroatoms. The van der Waals surface area contributed by atoms with Crippen LogP contribution in [0.15, 0.2) is 0 Å². The zero-order valence-corrected chi connectivity index (χ0v) is 43.6. The molecule has 8 fully saturated rings. The van der Waals surface area contributed by atoms with Crippen molar-refractivity contribution in [1.29, 1.82) is 0 Å². The summed E-state index contributed by atoms with van der Waals surface area (Å²) in [5.41, 5.74) is -0.600. The van der Waals surface area contributed by atoms with Crippen LogP contribution >= 0.6 is 0 Å². The maximum absolute atomic E-state index is 13.5. The molecule has 0 amide bonds. The van der Waals surface area contributed by atoms with E-state index in [1.807, 2.05) is 6.92 Å². The van der Waals surface area contributed by atoms with E-state index in [9.17, 15) is 70.9 Å². The zero-order valence-electron chi connectivity index (χ0n) is 43.6. The van der Waals surface area contributed by atoms with E-state index in [1.54, 1.807) is 0 Å². The first-order chi connectivity index (χ1) is 35.4. The Balaban J connectivity index is 0.905. The number of aliphatic hydroxyl groups is 12. The lowest BCUT2D eigenvalue weighted by Crippen LogP contribution is -2.65. The Hall–Kier alpha value is -1.86. The van der Waals surface area contributed by atoms with Crippen molar-refractivity contribution in [3.63, 3.8) is 0 Å². The zero-order chi connectivity index (χ0) is 54.6. The van der Waals surface area contributed by atoms with Crippen molar-refractivity contribution < 1.29 is 118 Å². The van der Waals surface area contributed by atoms with Crippen molar-refractivity contribution in [3.05, 3.63) is 0 Å². The second kappa shape index (κ2) is 24.1. The standard InChI is InChI=1S/C51H84O24/c1-20(18-66-47-42(64)39(61)35(57)30(17-52)73-47)7-10-32(54)72-29-16-28-26-9-8-24-15-25(11-13-50(24,5)27(26)12-14-51(28,6)45(29)70-23(4)53)71-49-44(75-48-43(65)38(60)34(56)22(3)69-48)40(62)36(58)31(74-49)19-67-46-41(63)37(59)33(55)21(2)68-46/h20-22,24-31,33-49,52,55-65H,7-19H2,1-6H3. The van der Waals surface area contributed by atoms with Gasteiger partial charge in [0.2, 0.25) is 0 Å². The third-order valence-electron chi connectivity index (χ3n) is 18.6. The minimum absolute atomic E-state index is 0.0319. The highest BCUT2D eigenvalue weighted by atomic mass is 16.8. The lowest BCUT2D eigenvalue weighted by molar-refractivity contribution is -0.375. The monoisotopic (exact) mass is 1080 g/mol. The maximum Gasteiger partial charge on any atom is 0.306 e. The van der Waals surface area contributed by atoms with Crippen molar-refractivity contribution in [2.45, 2.75) is 247 Å². The average molecular weight is 1080 g/mol. The summed E-state index contributed by atoms with van der Waals surface area (Å²) in [7, 11) is 0. The molecular weight excluding hydrogens is 997 g/mol. The summed E-state index contributed by atoms with van der Waals surface area (Å²) in [4.78, 5) is 26.2. The van der Waals surface area contributed by atoms with Crippen LogP contribution in [-0.4, -0.2) is 234 Å². The van der Waals surface area contributed by atoms with Gasteiger partial charge < -0.3 is 109 Å². The fourth-order valence-electron chi connectivity index (χ4n) is 14.0. The smallest absolute Gasteiger partial charge is 0.306 e. The summed E-state index contributed by atoms with van der Waals surface area (Å²) in [6.45, 7) is 9.60. The predicted octanol–water partition coefficient (Wildman–Crippen LogP) is -2.40. The molecule has 432 valence electrons. The Morgan fingerprint density at radius 2 is 1.19 bits per heavy atom. The van der Waals surface area contributed by atoms with Gasteiger partial charge in [-0.15, -0.1) is 0 Å². The van der Waals surface area contributed by atoms with Gasteiger partial charge in [0.15, 0.2) is 25.2 Å². The summed E-state index contributed by atoms with van der Waals surface area (Å²) in [6, 6.07) is 0. The molecule has 4 saturated heterocycles. The Morgan fingerprint density at radius 1 is 0.600 bits per heavy atom. The fraction of sp³-hybridized carbons (Fsp3) is 0.961. The molecule has 12 N–H and O–H groups in total. The Morgan fingerprint density at radius 3 is 1.84 bits per heavy atom. The van der Waals surface area contributed by atoms with E-state index in [0.29, 0.717) is 25.7 Å². The Kier molecular flexibility index (Phi) is 19.0. The molecule has 4 heterocycles. The van der Waals surface area contributed by atoms with Crippen LogP contribution in [0.4, 0.5) is 0 Å². The van der Waals surface area contributed by atoms with Crippen molar-refractivity contribution in [1.82, 2.24) is 0 Å². The molecule has 24 nitrogen and oxygen atoms in total. The van der Waals surface area contributed by atoms with E-state index >= 15 is 0 Å². The predicted molar refractivity (Wildman–Crippen MR) is 252 cm³/mol. The topological polar surface area (TPSA) is 369 Å². The van der Waals surface area contributed by atoms with Crippen LogP contribution in [0, 0.1) is 40.4 Å². The quantitative estimate of drug-likeness (QED) is 0.0566. The molecule has 0 aromatic rings. The second-order valence-corrected chi connectivity index (χ2v) is 23.5. The van der Waals surface area contributed by atoms with Crippen LogP contribution in [0.3, 0.4) is 0 Å². The summed E-state index contributed by atoms with van der Waals surface area (Å²) in [5.74, 6) is -0.367. The van der Waals surface area contributed by atoms with Gasteiger partial charge in [0, 0.05) is 18.8 Å². The van der Waals surface area contributed by atoms with Crippen LogP contribution in [0.1, 0.15) is 106 Å². The number of esters is 2. The normalized spacial score (nSPS) is 51.5. The van der Waals surface area contributed by atoms with Gasteiger partial charge in [-0.2, -0.15) is 0 Å². The first-order valence-corrected chi connectivity index (χ1v) is 27.0. The largest absolute Gasteiger partial charge is 0.458 e. The third kappa shape index (κ3) is 12.0. The van der Waals surface area contributed by atoms with E-state index in [-0.39, 0.29) is 48.0 Å². The minimum Gasteiger partial charge on any atom is -0.458 e. The van der Waals surface area contributed by atoms with Gasteiger partial charge in [-0.3, -0.25) is 9.59 Å². The van der Waals surface area contributed by atoms with Gasteiger partial charge in [0.05, 0.1) is 38.1 Å². The summed E-state index contributed by atoms with van der Waals surface area (Å²) in [5, 5.41) is 126. The number of carbonyl (C=O) groups excluding carboxylic acids is 2. The molecule has 8 rings (SSSR count). The number of ether oxygens (including phenoxy) is 10. The molecule has 0 spiro atoms. The first-order valence-electron chi connectivity index (χ1n) is 27.0. The summed E-state index contributed by atoms with van der Waals surface area (Å²) < 4.78 is 59.5. The summed E-state index contributed by atoms with van der Waals surface area (Å²) in [6.07, 6.45) is -24.7. The van der Waals surface area contributed by atoms with Crippen LogP contribution < -0.4 is 0 Å². The molecule has 4 saturated carbocycles.